The van der Waals surface area contributed by atoms with Crippen molar-refractivity contribution in [3.63, 3.8) is 0 Å². The van der Waals surface area contributed by atoms with Gasteiger partial charge in [-0.05, 0) is 13.0 Å². The largest absolute Gasteiger partial charge is 0.481 e. The van der Waals surface area contributed by atoms with Crippen LogP contribution in [0, 0.1) is 0 Å². The van der Waals surface area contributed by atoms with Crippen LogP contribution in [-0.2, 0) is 4.79 Å². The van der Waals surface area contributed by atoms with Crippen molar-refractivity contribution in [1.82, 2.24) is 9.97 Å². The Kier molecular flexibility index (Phi) is 2.79. The van der Waals surface area contributed by atoms with Crippen LogP contribution in [-0.4, -0.2) is 28.2 Å². The third-order valence-electron chi connectivity index (χ3n) is 1.65. The first kappa shape index (κ1) is 9.44. The van der Waals surface area contributed by atoms with Crippen molar-refractivity contribution < 1.29 is 14.6 Å². The van der Waals surface area contributed by atoms with Crippen LogP contribution in [0.1, 0.15) is 18.5 Å². The molecule has 1 atom stereocenters. The van der Waals surface area contributed by atoms with E-state index < -0.39 is 11.9 Å². The van der Waals surface area contributed by atoms with Crippen molar-refractivity contribution in [2.75, 3.05) is 7.11 Å². The topological polar surface area (TPSA) is 72.3 Å². The molecule has 0 radical (unpaired) electrons. The van der Waals surface area contributed by atoms with E-state index in [-0.39, 0.29) is 6.01 Å². The number of hydrogen-bond donors (Lipinski definition) is 1. The second-order valence-electron chi connectivity index (χ2n) is 2.53. The summed E-state index contributed by atoms with van der Waals surface area (Å²) in [5, 5.41) is 8.70. The van der Waals surface area contributed by atoms with E-state index in [1.807, 2.05) is 0 Å². The summed E-state index contributed by atoms with van der Waals surface area (Å²) in [6.07, 6.45) is 1.47. The van der Waals surface area contributed by atoms with E-state index in [2.05, 4.69) is 9.97 Å². The summed E-state index contributed by atoms with van der Waals surface area (Å²) < 4.78 is 4.77. The normalized spacial score (nSPS) is 12.2. The second kappa shape index (κ2) is 3.84. The van der Waals surface area contributed by atoms with Crippen LogP contribution in [0.4, 0.5) is 0 Å². The Morgan fingerprint density at radius 1 is 1.69 bits per heavy atom. The zero-order valence-electron chi connectivity index (χ0n) is 7.39. The quantitative estimate of drug-likeness (QED) is 0.743. The first-order valence-electron chi connectivity index (χ1n) is 3.75. The summed E-state index contributed by atoms with van der Waals surface area (Å²) in [7, 11) is 1.44. The molecule has 0 fully saturated rings. The van der Waals surface area contributed by atoms with Gasteiger partial charge in [-0.2, -0.15) is 4.98 Å². The Bertz CT molecular complexity index is 314. The van der Waals surface area contributed by atoms with Gasteiger partial charge < -0.3 is 9.84 Å². The van der Waals surface area contributed by atoms with Gasteiger partial charge in [0.25, 0.3) is 0 Å². The molecular formula is C8H10N2O3. The van der Waals surface area contributed by atoms with Crippen LogP contribution in [0.25, 0.3) is 0 Å². The molecule has 0 saturated heterocycles. The number of carboxylic acid groups (broad SMARTS) is 1. The molecule has 70 valence electrons. The van der Waals surface area contributed by atoms with Crippen molar-refractivity contribution in [3.05, 3.63) is 18.0 Å². The maximum absolute atomic E-state index is 10.6. The molecule has 1 heterocycles. The first-order valence-corrected chi connectivity index (χ1v) is 3.75. The lowest BCUT2D eigenvalue weighted by molar-refractivity contribution is -0.138. The van der Waals surface area contributed by atoms with Gasteiger partial charge in [0.2, 0.25) is 0 Å². The Balaban J connectivity index is 2.94. The molecule has 1 unspecified atom stereocenters. The van der Waals surface area contributed by atoms with E-state index in [9.17, 15) is 4.79 Å². The highest BCUT2D eigenvalue weighted by Crippen LogP contribution is 2.13. The zero-order chi connectivity index (χ0) is 9.84. The highest BCUT2D eigenvalue weighted by atomic mass is 16.5. The van der Waals surface area contributed by atoms with Gasteiger partial charge in [-0.1, -0.05) is 0 Å². The summed E-state index contributed by atoms with van der Waals surface area (Å²) in [6.45, 7) is 1.56. The van der Waals surface area contributed by atoms with E-state index in [0.29, 0.717) is 5.69 Å². The second-order valence-corrected chi connectivity index (χ2v) is 2.53. The van der Waals surface area contributed by atoms with Gasteiger partial charge in [0.15, 0.2) is 0 Å². The Labute approximate surface area is 75.4 Å². The fourth-order valence-electron chi connectivity index (χ4n) is 0.820. The third-order valence-corrected chi connectivity index (χ3v) is 1.65. The molecule has 5 heteroatoms. The van der Waals surface area contributed by atoms with Gasteiger partial charge in [-0.15, -0.1) is 0 Å². The fourth-order valence-corrected chi connectivity index (χ4v) is 0.820. The van der Waals surface area contributed by atoms with Crippen LogP contribution in [0.15, 0.2) is 12.3 Å². The average molecular weight is 182 g/mol. The lowest BCUT2D eigenvalue weighted by atomic mass is 10.1. The molecule has 0 saturated carbocycles. The van der Waals surface area contributed by atoms with Crippen LogP contribution in [0.3, 0.4) is 0 Å². The molecule has 0 aliphatic rings. The highest BCUT2D eigenvalue weighted by molar-refractivity contribution is 5.74. The van der Waals surface area contributed by atoms with Crippen molar-refractivity contribution in [3.8, 4) is 6.01 Å². The van der Waals surface area contributed by atoms with Crippen molar-refractivity contribution in [1.29, 1.82) is 0 Å². The number of rotatable bonds is 3. The minimum atomic E-state index is -0.916. The van der Waals surface area contributed by atoms with Crippen LogP contribution < -0.4 is 4.74 Å². The molecule has 13 heavy (non-hydrogen) atoms. The van der Waals surface area contributed by atoms with E-state index in [1.165, 1.54) is 13.3 Å². The summed E-state index contributed by atoms with van der Waals surface area (Å²) in [6, 6.07) is 1.74. The minimum absolute atomic E-state index is 0.186. The summed E-state index contributed by atoms with van der Waals surface area (Å²) >= 11 is 0. The third kappa shape index (κ3) is 2.14. The standard InChI is InChI=1S/C8H10N2O3/c1-5(7(11)12)6-3-4-9-8(10-6)13-2/h3-5H,1-2H3,(H,11,12). The molecular weight excluding hydrogens is 172 g/mol. The van der Waals surface area contributed by atoms with Gasteiger partial charge in [0.1, 0.15) is 0 Å². The van der Waals surface area contributed by atoms with Gasteiger partial charge in [-0.3, -0.25) is 4.79 Å². The predicted octanol–water partition coefficient (Wildman–Crippen LogP) is 0.673. The molecule has 5 nitrogen and oxygen atoms in total. The summed E-state index contributed by atoms with van der Waals surface area (Å²) in [5.74, 6) is -1.56. The van der Waals surface area contributed by atoms with Crippen LogP contribution in [0.2, 0.25) is 0 Å². The Morgan fingerprint density at radius 3 is 2.92 bits per heavy atom. The molecule has 1 aromatic rings. The number of ether oxygens (including phenoxy) is 1. The smallest absolute Gasteiger partial charge is 0.316 e. The van der Waals surface area contributed by atoms with Crippen molar-refractivity contribution in [2.45, 2.75) is 12.8 Å². The molecule has 1 aromatic heterocycles. The number of methoxy groups -OCH3 is 1. The van der Waals surface area contributed by atoms with Crippen LogP contribution >= 0.6 is 0 Å². The average Bonchev–Trinajstić information content (AvgIpc) is 2.16. The Hall–Kier alpha value is -1.65. The maximum Gasteiger partial charge on any atom is 0.316 e. The van der Waals surface area contributed by atoms with Crippen molar-refractivity contribution >= 4 is 5.97 Å². The highest BCUT2D eigenvalue weighted by Gasteiger charge is 2.15. The lowest BCUT2D eigenvalue weighted by Gasteiger charge is -2.05. The van der Waals surface area contributed by atoms with Crippen LogP contribution in [0.5, 0.6) is 6.01 Å². The first-order chi connectivity index (χ1) is 6.15. The molecule has 0 bridgehead atoms. The van der Waals surface area contributed by atoms with Gasteiger partial charge in [-0.25, -0.2) is 4.98 Å². The lowest BCUT2D eigenvalue weighted by Crippen LogP contribution is -2.09. The minimum Gasteiger partial charge on any atom is -0.481 e. The number of nitrogens with zero attached hydrogens (tertiary/aromatic N) is 2. The monoisotopic (exact) mass is 182 g/mol. The maximum atomic E-state index is 10.6. The van der Waals surface area contributed by atoms with E-state index >= 15 is 0 Å². The number of carbonyl (C=O) groups is 1. The molecule has 1 N–H and O–H groups in total. The van der Waals surface area contributed by atoms with Gasteiger partial charge in [0, 0.05) is 6.20 Å². The summed E-state index contributed by atoms with van der Waals surface area (Å²) in [5.41, 5.74) is 0.444. The zero-order valence-corrected chi connectivity index (χ0v) is 7.39. The SMILES string of the molecule is COc1nccc(C(C)C(=O)O)n1. The molecule has 1 rings (SSSR count). The number of hydrogen-bond acceptors (Lipinski definition) is 4. The van der Waals surface area contributed by atoms with Gasteiger partial charge in [0.05, 0.1) is 18.7 Å². The summed E-state index contributed by atoms with van der Waals surface area (Å²) in [4.78, 5) is 18.3. The van der Waals surface area contributed by atoms with E-state index in [0.717, 1.165) is 0 Å². The fraction of sp³-hybridized carbons (Fsp3) is 0.375. The number of aliphatic carboxylic acids is 1. The van der Waals surface area contributed by atoms with E-state index in [4.69, 9.17) is 9.84 Å². The van der Waals surface area contributed by atoms with E-state index in [1.54, 1.807) is 13.0 Å². The van der Waals surface area contributed by atoms with Gasteiger partial charge >= 0.3 is 12.0 Å². The molecule has 0 aliphatic carbocycles. The number of carboxylic acids is 1. The molecule has 0 spiro atoms. The van der Waals surface area contributed by atoms with Crippen molar-refractivity contribution in [2.24, 2.45) is 0 Å². The molecule has 0 aromatic carbocycles. The molecule has 0 amide bonds. The Morgan fingerprint density at radius 2 is 2.38 bits per heavy atom. The molecule has 0 aliphatic heterocycles. The predicted molar refractivity (Wildman–Crippen MR) is 44.6 cm³/mol. The number of aromatic nitrogens is 2.